The van der Waals surface area contributed by atoms with Crippen LogP contribution >= 0.6 is 0 Å². The van der Waals surface area contributed by atoms with Gasteiger partial charge in [0.15, 0.2) is 5.96 Å². The Kier molecular flexibility index (Phi) is 6.58. The molecule has 0 aromatic carbocycles. The van der Waals surface area contributed by atoms with Gasteiger partial charge in [0.2, 0.25) is 5.91 Å². The highest BCUT2D eigenvalue weighted by atomic mass is 16.1. The number of rotatable bonds is 5. The number of amides is 1. The van der Waals surface area contributed by atoms with E-state index < -0.39 is 0 Å². The number of nitrogens with zero attached hydrogens (tertiary/aromatic N) is 3. The van der Waals surface area contributed by atoms with Crippen LogP contribution in [0.4, 0.5) is 5.69 Å². The van der Waals surface area contributed by atoms with Crippen molar-refractivity contribution in [3.05, 3.63) is 24.5 Å². The van der Waals surface area contributed by atoms with E-state index in [1.807, 2.05) is 6.07 Å². The lowest BCUT2D eigenvalue weighted by Crippen LogP contribution is -2.51. The summed E-state index contributed by atoms with van der Waals surface area (Å²) in [6.45, 7) is 6.77. The van der Waals surface area contributed by atoms with Crippen molar-refractivity contribution in [1.29, 1.82) is 0 Å². The third kappa shape index (κ3) is 5.22. The van der Waals surface area contributed by atoms with Gasteiger partial charge in [-0.25, -0.2) is 0 Å². The molecule has 2 heterocycles. The van der Waals surface area contributed by atoms with Crippen molar-refractivity contribution in [2.45, 2.75) is 39.5 Å². The first-order chi connectivity index (χ1) is 11.6. The summed E-state index contributed by atoms with van der Waals surface area (Å²) in [7, 11) is 1.77. The largest absolute Gasteiger partial charge is 0.347 e. The van der Waals surface area contributed by atoms with Crippen LogP contribution in [0.15, 0.2) is 29.5 Å². The van der Waals surface area contributed by atoms with Crippen molar-refractivity contribution in [2.75, 3.05) is 32.0 Å². The number of aromatic nitrogens is 1. The van der Waals surface area contributed by atoms with E-state index in [1.54, 1.807) is 25.5 Å². The van der Waals surface area contributed by atoms with Crippen LogP contribution in [0.25, 0.3) is 0 Å². The molecule has 1 amide bonds. The number of guanidine groups is 1. The molecule has 0 radical (unpaired) electrons. The van der Waals surface area contributed by atoms with E-state index in [4.69, 9.17) is 0 Å². The summed E-state index contributed by atoms with van der Waals surface area (Å²) in [6.07, 6.45) is 8.16. The Balaban J connectivity index is 1.86. The van der Waals surface area contributed by atoms with Crippen molar-refractivity contribution in [3.63, 3.8) is 0 Å². The molecule has 132 valence electrons. The number of hydrogen-bond acceptors (Lipinski definition) is 3. The van der Waals surface area contributed by atoms with E-state index >= 15 is 0 Å². The Hall–Kier alpha value is -2.11. The highest BCUT2D eigenvalue weighted by molar-refractivity contribution is 5.94. The molecule has 6 nitrogen and oxygen atoms in total. The zero-order valence-electron chi connectivity index (χ0n) is 15.0. The lowest BCUT2D eigenvalue weighted by atomic mass is 9.78. The molecule has 1 fully saturated rings. The minimum absolute atomic E-state index is 0.0996. The Morgan fingerprint density at radius 2 is 2.33 bits per heavy atom. The first kappa shape index (κ1) is 18.2. The summed E-state index contributed by atoms with van der Waals surface area (Å²) in [4.78, 5) is 22.7. The number of hydrogen-bond donors (Lipinski definition) is 2. The molecule has 2 N–H and O–H groups in total. The predicted molar refractivity (Wildman–Crippen MR) is 98.1 cm³/mol. The van der Waals surface area contributed by atoms with Gasteiger partial charge in [0.1, 0.15) is 0 Å². The maximum absolute atomic E-state index is 12.1. The normalized spacial score (nSPS) is 21.5. The van der Waals surface area contributed by atoms with Gasteiger partial charge >= 0.3 is 0 Å². The first-order valence-electron chi connectivity index (χ1n) is 8.72. The second-order valence-corrected chi connectivity index (χ2v) is 6.78. The number of nitrogens with one attached hydrogen (secondary N) is 2. The second-order valence-electron chi connectivity index (χ2n) is 6.78. The van der Waals surface area contributed by atoms with E-state index in [0.717, 1.165) is 19.0 Å². The summed E-state index contributed by atoms with van der Waals surface area (Å²) in [5.74, 6) is 0.704. The minimum Gasteiger partial charge on any atom is -0.347 e. The van der Waals surface area contributed by atoms with Gasteiger partial charge in [-0.15, -0.1) is 0 Å². The Labute approximate surface area is 144 Å². The van der Waals surface area contributed by atoms with E-state index in [9.17, 15) is 4.79 Å². The van der Waals surface area contributed by atoms with Gasteiger partial charge in [-0.2, -0.15) is 0 Å². The van der Waals surface area contributed by atoms with Crippen LogP contribution < -0.4 is 10.6 Å². The smallest absolute Gasteiger partial charge is 0.243 e. The van der Waals surface area contributed by atoms with Gasteiger partial charge in [0.05, 0.1) is 18.4 Å². The fourth-order valence-electron chi connectivity index (χ4n) is 3.44. The van der Waals surface area contributed by atoms with Crippen LogP contribution in [0, 0.1) is 5.41 Å². The Morgan fingerprint density at radius 3 is 3.00 bits per heavy atom. The average molecular weight is 331 g/mol. The van der Waals surface area contributed by atoms with Crippen LogP contribution in [0.1, 0.15) is 39.5 Å². The number of carbonyl (C=O) groups is 1. The van der Waals surface area contributed by atoms with Crippen molar-refractivity contribution in [1.82, 2.24) is 15.2 Å². The summed E-state index contributed by atoms with van der Waals surface area (Å²) < 4.78 is 0. The highest BCUT2D eigenvalue weighted by Crippen LogP contribution is 2.33. The molecule has 1 aromatic rings. The highest BCUT2D eigenvalue weighted by Gasteiger charge is 2.31. The molecule has 1 unspecified atom stereocenters. The van der Waals surface area contributed by atoms with Gasteiger partial charge < -0.3 is 15.5 Å². The quantitative estimate of drug-likeness (QED) is 0.642. The molecule has 1 aromatic heterocycles. The van der Waals surface area contributed by atoms with E-state index in [0.29, 0.717) is 11.1 Å². The topological polar surface area (TPSA) is 69.6 Å². The molecule has 1 atom stereocenters. The first-order valence-corrected chi connectivity index (χ1v) is 8.72. The Bertz CT molecular complexity index is 556. The summed E-state index contributed by atoms with van der Waals surface area (Å²) in [5.41, 5.74) is 1.04. The number of carbonyl (C=O) groups excluding carboxylic acids is 1. The zero-order chi connectivity index (χ0) is 17.4. The SMILES string of the molecule is CCCC1(C)CCCN(C(=NC)NCC(=O)Nc2cccnc2)C1. The van der Waals surface area contributed by atoms with Gasteiger partial charge in [0, 0.05) is 26.3 Å². The summed E-state index contributed by atoms with van der Waals surface area (Å²) >= 11 is 0. The fraction of sp³-hybridized carbons (Fsp3) is 0.611. The third-order valence-electron chi connectivity index (χ3n) is 4.50. The summed E-state index contributed by atoms with van der Waals surface area (Å²) in [6, 6.07) is 3.62. The van der Waals surface area contributed by atoms with Crippen LogP contribution in [-0.4, -0.2) is 48.4 Å². The van der Waals surface area contributed by atoms with E-state index in [2.05, 4.69) is 39.4 Å². The van der Waals surface area contributed by atoms with E-state index in [1.165, 1.54) is 25.7 Å². The number of piperidine rings is 1. The maximum Gasteiger partial charge on any atom is 0.243 e. The van der Waals surface area contributed by atoms with Gasteiger partial charge in [0.25, 0.3) is 0 Å². The van der Waals surface area contributed by atoms with Gasteiger partial charge in [-0.1, -0.05) is 20.3 Å². The molecule has 1 saturated heterocycles. The molecular weight excluding hydrogens is 302 g/mol. The van der Waals surface area contributed by atoms with E-state index in [-0.39, 0.29) is 12.5 Å². The molecular formula is C18H29N5O. The zero-order valence-corrected chi connectivity index (χ0v) is 15.0. The third-order valence-corrected chi connectivity index (χ3v) is 4.50. The molecule has 1 aliphatic heterocycles. The number of aliphatic imine (C=N–C) groups is 1. The fourth-order valence-corrected chi connectivity index (χ4v) is 3.44. The lowest BCUT2D eigenvalue weighted by molar-refractivity contribution is -0.115. The van der Waals surface area contributed by atoms with Crippen molar-refractivity contribution >= 4 is 17.6 Å². The molecule has 0 aliphatic carbocycles. The summed E-state index contributed by atoms with van der Waals surface area (Å²) in [5, 5.41) is 6.01. The average Bonchev–Trinajstić information content (AvgIpc) is 2.56. The van der Waals surface area contributed by atoms with Crippen molar-refractivity contribution in [3.8, 4) is 0 Å². The number of anilines is 1. The van der Waals surface area contributed by atoms with Crippen LogP contribution in [0.5, 0.6) is 0 Å². The molecule has 2 rings (SSSR count). The molecule has 24 heavy (non-hydrogen) atoms. The lowest BCUT2D eigenvalue weighted by Gasteiger charge is -2.42. The standard InChI is InChI=1S/C18H29N5O/c1-4-8-18(2)9-6-11-23(14-18)17(19-3)21-13-16(24)22-15-7-5-10-20-12-15/h5,7,10,12H,4,6,8-9,11,13-14H2,1-3H3,(H,19,21)(H,22,24). The Morgan fingerprint density at radius 1 is 1.50 bits per heavy atom. The van der Waals surface area contributed by atoms with Crippen LogP contribution in [-0.2, 0) is 4.79 Å². The number of likely N-dealkylation sites (tertiary alicyclic amines) is 1. The molecule has 6 heteroatoms. The molecule has 0 bridgehead atoms. The number of pyridine rings is 1. The van der Waals surface area contributed by atoms with Crippen molar-refractivity contribution < 1.29 is 4.79 Å². The van der Waals surface area contributed by atoms with Crippen LogP contribution in [0.2, 0.25) is 0 Å². The van der Waals surface area contributed by atoms with Crippen LogP contribution in [0.3, 0.4) is 0 Å². The molecule has 1 aliphatic rings. The molecule has 0 spiro atoms. The monoisotopic (exact) mass is 331 g/mol. The van der Waals surface area contributed by atoms with Gasteiger partial charge in [-0.05, 0) is 36.8 Å². The van der Waals surface area contributed by atoms with Gasteiger partial charge in [-0.3, -0.25) is 14.8 Å². The predicted octanol–water partition coefficient (Wildman–Crippen LogP) is 2.50. The van der Waals surface area contributed by atoms with Crippen molar-refractivity contribution in [2.24, 2.45) is 10.4 Å². The maximum atomic E-state index is 12.1. The minimum atomic E-state index is -0.0996. The second kappa shape index (κ2) is 8.66. The molecule has 0 saturated carbocycles.